The first-order valence-electron chi connectivity index (χ1n) is 10.5. The minimum Gasteiger partial charge on any atom is -0.466 e. The number of likely N-dealkylation sites (tertiary alicyclic amines) is 1. The number of nitrogens with one attached hydrogen (secondary N) is 2. The Morgan fingerprint density at radius 2 is 1.97 bits per heavy atom. The summed E-state index contributed by atoms with van der Waals surface area (Å²) in [6, 6.07) is 7.74. The van der Waals surface area contributed by atoms with Gasteiger partial charge >= 0.3 is 5.97 Å². The third-order valence-corrected chi connectivity index (χ3v) is 5.21. The Hall–Kier alpha value is -1.84. The molecule has 7 nitrogen and oxygen atoms in total. The molecule has 1 aromatic carbocycles. The Labute approximate surface area is 197 Å². The number of guanidine groups is 1. The molecule has 2 rings (SSSR count). The Bertz CT molecular complexity index is 709. The van der Waals surface area contributed by atoms with E-state index in [4.69, 9.17) is 4.74 Å². The summed E-state index contributed by atoms with van der Waals surface area (Å²) in [5, 5.41) is 6.33. The van der Waals surface area contributed by atoms with Crippen LogP contribution in [0.2, 0.25) is 0 Å². The zero-order valence-corrected chi connectivity index (χ0v) is 20.8. The highest BCUT2D eigenvalue weighted by Gasteiger charge is 2.28. The fourth-order valence-electron chi connectivity index (χ4n) is 3.32. The predicted octanol–water partition coefficient (Wildman–Crippen LogP) is 3.18. The molecule has 1 amide bonds. The molecule has 0 saturated carbocycles. The van der Waals surface area contributed by atoms with Crippen molar-refractivity contribution in [3.8, 4) is 0 Å². The van der Waals surface area contributed by atoms with E-state index in [1.165, 1.54) is 0 Å². The molecular formula is C22H35IN4O3. The van der Waals surface area contributed by atoms with E-state index >= 15 is 0 Å². The summed E-state index contributed by atoms with van der Waals surface area (Å²) in [6.45, 7) is 8.36. The molecule has 1 aromatic rings. The molecule has 30 heavy (non-hydrogen) atoms. The van der Waals surface area contributed by atoms with Crippen LogP contribution in [-0.4, -0.2) is 55.5 Å². The molecule has 0 spiro atoms. The number of rotatable bonds is 7. The number of esters is 1. The van der Waals surface area contributed by atoms with Crippen LogP contribution in [0.25, 0.3) is 0 Å². The number of carbonyl (C=O) groups excluding carboxylic acids is 2. The Morgan fingerprint density at radius 3 is 2.57 bits per heavy atom. The van der Waals surface area contributed by atoms with Crippen molar-refractivity contribution in [3.63, 3.8) is 0 Å². The quantitative estimate of drug-likeness (QED) is 0.245. The molecule has 1 heterocycles. The van der Waals surface area contributed by atoms with Gasteiger partial charge in [-0.25, -0.2) is 0 Å². The van der Waals surface area contributed by atoms with Crippen molar-refractivity contribution in [2.75, 3.05) is 26.7 Å². The van der Waals surface area contributed by atoms with Crippen molar-refractivity contribution >= 4 is 41.8 Å². The molecule has 2 unspecified atom stereocenters. The van der Waals surface area contributed by atoms with Crippen molar-refractivity contribution in [1.82, 2.24) is 15.5 Å². The minimum atomic E-state index is -0.126. The van der Waals surface area contributed by atoms with Gasteiger partial charge in [0, 0.05) is 38.3 Å². The van der Waals surface area contributed by atoms with Crippen LogP contribution in [0.15, 0.2) is 29.3 Å². The van der Waals surface area contributed by atoms with E-state index in [-0.39, 0.29) is 47.8 Å². The number of piperidine rings is 1. The maximum absolute atomic E-state index is 12.2. The van der Waals surface area contributed by atoms with E-state index in [1.807, 2.05) is 45.0 Å². The normalized spacial score (nSPS) is 17.5. The second kappa shape index (κ2) is 13.5. The van der Waals surface area contributed by atoms with Crippen LogP contribution in [-0.2, 0) is 16.1 Å². The average Bonchev–Trinajstić information content (AvgIpc) is 2.74. The van der Waals surface area contributed by atoms with E-state index in [2.05, 4.69) is 20.5 Å². The van der Waals surface area contributed by atoms with Gasteiger partial charge in [0.15, 0.2) is 5.96 Å². The van der Waals surface area contributed by atoms with Gasteiger partial charge in [0.2, 0.25) is 0 Å². The largest absolute Gasteiger partial charge is 0.466 e. The number of aliphatic imine (C=N–C) groups is 1. The van der Waals surface area contributed by atoms with Crippen LogP contribution in [0.3, 0.4) is 0 Å². The van der Waals surface area contributed by atoms with Gasteiger partial charge in [-0.05, 0) is 50.8 Å². The third kappa shape index (κ3) is 7.77. The summed E-state index contributed by atoms with van der Waals surface area (Å²) in [4.78, 5) is 30.7. The van der Waals surface area contributed by atoms with Gasteiger partial charge in [0.25, 0.3) is 5.91 Å². The number of hydrogen-bond donors (Lipinski definition) is 2. The minimum absolute atomic E-state index is 0. The number of benzene rings is 1. The molecule has 0 radical (unpaired) electrons. The predicted molar refractivity (Wildman–Crippen MR) is 130 cm³/mol. The number of amides is 1. The van der Waals surface area contributed by atoms with Crippen LogP contribution < -0.4 is 10.6 Å². The molecule has 1 fully saturated rings. The highest BCUT2D eigenvalue weighted by molar-refractivity contribution is 14.0. The van der Waals surface area contributed by atoms with E-state index in [0.29, 0.717) is 25.3 Å². The zero-order valence-electron chi connectivity index (χ0n) is 18.4. The lowest BCUT2D eigenvalue weighted by molar-refractivity contribution is -0.149. The molecule has 0 aromatic heterocycles. The fourth-order valence-corrected chi connectivity index (χ4v) is 3.32. The number of halogens is 1. The number of ether oxygens (including phenoxy) is 1. The Morgan fingerprint density at radius 1 is 1.27 bits per heavy atom. The lowest BCUT2D eigenvalue weighted by Crippen LogP contribution is -2.48. The topological polar surface area (TPSA) is 83.0 Å². The Kier molecular flexibility index (Phi) is 11.8. The van der Waals surface area contributed by atoms with Gasteiger partial charge in [-0.1, -0.05) is 19.1 Å². The van der Waals surface area contributed by atoms with Crippen LogP contribution in [0.5, 0.6) is 0 Å². The summed E-state index contributed by atoms with van der Waals surface area (Å²) in [7, 11) is 1.75. The molecule has 8 heteroatoms. The van der Waals surface area contributed by atoms with E-state index in [0.717, 1.165) is 37.3 Å². The lowest BCUT2D eigenvalue weighted by Gasteiger charge is -2.34. The van der Waals surface area contributed by atoms with Gasteiger partial charge in [0.1, 0.15) is 0 Å². The zero-order chi connectivity index (χ0) is 21.2. The van der Waals surface area contributed by atoms with Crippen molar-refractivity contribution in [3.05, 3.63) is 35.4 Å². The van der Waals surface area contributed by atoms with Gasteiger partial charge in [0.05, 0.1) is 12.5 Å². The maximum atomic E-state index is 12.2. The lowest BCUT2D eigenvalue weighted by atomic mass is 9.98. The summed E-state index contributed by atoms with van der Waals surface area (Å²) in [6.07, 6.45) is 2.69. The smallest absolute Gasteiger partial charge is 0.310 e. The van der Waals surface area contributed by atoms with Gasteiger partial charge in [-0.2, -0.15) is 0 Å². The van der Waals surface area contributed by atoms with Crippen molar-refractivity contribution in [2.45, 2.75) is 52.6 Å². The Balaban J connectivity index is 0.00000450. The summed E-state index contributed by atoms with van der Waals surface area (Å²) in [5.41, 5.74) is 1.72. The first kappa shape index (κ1) is 26.2. The van der Waals surface area contributed by atoms with Crippen LogP contribution in [0.1, 0.15) is 56.0 Å². The molecule has 168 valence electrons. The number of carbonyl (C=O) groups is 2. The first-order valence-corrected chi connectivity index (χ1v) is 10.5. The molecule has 0 aliphatic carbocycles. The van der Waals surface area contributed by atoms with Gasteiger partial charge in [-0.3, -0.25) is 14.6 Å². The van der Waals surface area contributed by atoms with Crippen molar-refractivity contribution in [1.29, 1.82) is 0 Å². The van der Waals surface area contributed by atoms with Crippen LogP contribution in [0, 0.1) is 5.92 Å². The van der Waals surface area contributed by atoms with Gasteiger partial charge < -0.3 is 20.3 Å². The highest BCUT2D eigenvalue weighted by Crippen LogP contribution is 2.18. The molecule has 2 atom stereocenters. The SMILES string of the molecule is CCOC(=O)C1CCCN(C(=NC)NCc2ccc(C(=O)NC(C)CC)cc2)C1.I. The maximum Gasteiger partial charge on any atom is 0.310 e. The molecular weight excluding hydrogens is 495 g/mol. The summed E-state index contributed by atoms with van der Waals surface area (Å²) in [5.74, 6) is 0.495. The summed E-state index contributed by atoms with van der Waals surface area (Å²) >= 11 is 0. The average molecular weight is 530 g/mol. The number of nitrogens with zero attached hydrogens (tertiary/aromatic N) is 2. The standard InChI is InChI=1S/C22H34N4O3.HI/c1-5-16(3)25-20(27)18-11-9-17(10-12-18)14-24-22(23-4)26-13-7-8-19(15-26)21(28)29-6-2;/h9-12,16,19H,5-8,13-15H2,1-4H3,(H,23,24)(H,25,27);1H. The van der Waals surface area contributed by atoms with Gasteiger partial charge in [-0.15, -0.1) is 24.0 Å². The second-order valence-electron chi connectivity index (χ2n) is 7.42. The monoisotopic (exact) mass is 530 g/mol. The van der Waals surface area contributed by atoms with Crippen LogP contribution >= 0.6 is 24.0 Å². The van der Waals surface area contributed by atoms with E-state index < -0.39 is 0 Å². The molecule has 1 saturated heterocycles. The van der Waals surface area contributed by atoms with Crippen molar-refractivity contribution in [2.24, 2.45) is 10.9 Å². The first-order chi connectivity index (χ1) is 14.0. The van der Waals surface area contributed by atoms with E-state index in [1.54, 1.807) is 7.05 Å². The fraction of sp³-hybridized carbons (Fsp3) is 0.591. The second-order valence-corrected chi connectivity index (χ2v) is 7.42. The van der Waals surface area contributed by atoms with Crippen LogP contribution in [0.4, 0.5) is 0 Å². The number of hydrogen-bond acceptors (Lipinski definition) is 4. The summed E-state index contributed by atoms with van der Waals surface area (Å²) < 4.78 is 5.18. The molecule has 1 aliphatic rings. The highest BCUT2D eigenvalue weighted by atomic mass is 127. The third-order valence-electron chi connectivity index (χ3n) is 5.21. The van der Waals surface area contributed by atoms with Crippen molar-refractivity contribution < 1.29 is 14.3 Å². The molecule has 1 aliphatic heterocycles. The molecule has 0 bridgehead atoms. The van der Waals surface area contributed by atoms with E-state index in [9.17, 15) is 9.59 Å². The molecule has 2 N–H and O–H groups in total.